The second-order valence-electron chi connectivity index (χ2n) is 4.61. The summed E-state index contributed by atoms with van der Waals surface area (Å²) in [5, 5.41) is 22.4. The van der Waals surface area contributed by atoms with Crippen LogP contribution in [0.1, 0.15) is 17.5 Å². The molecule has 7 heteroatoms. The summed E-state index contributed by atoms with van der Waals surface area (Å²) in [6.07, 6.45) is 1.92. The summed E-state index contributed by atoms with van der Waals surface area (Å²) in [7, 11) is 0. The Hall–Kier alpha value is -1.86. The summed E-state index contributed by atoms with van der Waals surface area (Å²) in [4.78, 5) is 19.2. The normalized spacial score (nSPS) is 13.9. The van der Waals surface area contributed by atoms with Crippen molar-refractivity contribution in [1.82, 2.24) is 9.97 Å². The van der Waals surface area contributed by atoms with E-state index in [0.717, 1.165) is 5.39 Å². The second kappa shape index (κ2) is 6.73. The number of nitrogens with one attached hydrogen (secondary N) is 1. The largest absolute Gasteiger partial charge is 0.475 e. The van der Waals surface area contributed by atoms with E-state index in [9.17, 15) is 9.90 Å². The molecule has 0 aliphatic heterocycles. The fraction of sp³-hybridized carbons (Fsp3) is 0.357. The number of aliphatic hydroxyl groups excluding tert-OH is 1. The van der Waals surface area contributed by atoms with Crippen LogP contribution in [0.3, 0.4) is 0 Å². The maximum atomic E-state index is 11.1. The predicted octanol–water partition coefficient (Wildman–Crippen LogP) is 1.85. The highest BCUT2D eigenvalue weighted by Crippen LogP contribution is 2.23. The molecule has 1 heterocycles. The zero-order valence-corrected chi connectivity index (χ0v) is 12.6. The fourth-order valence-corrected chi connectivity index (χ4v) is 2.65. The molecular weight excluding hydrogens is 290 g/mol. The van der Waals surface area contributed by atoms with Crippen LogP contribution in [0, 0.1) is 0 Å². The van der Waals surface area contributed by atoms with Crippen LogP contribution in [-0.4, -0.2) is 50.3 Å². The summed E-state index contributed by atoms with van der Waals surface area (Å²) in [6, 6.07) is 7.16. The van der Waals surface area contributed by atoms with Gasteiger partial charge in [0.2, 0.25) is 5.82 Å². The SMILES string of the molecule is CSC(CO)C(C)Nc1nc(C(=O)O)nc2ccccc12. The summed E-state index contributed by atoms with van der Waals surface area (Å²) in [5.74, 6) is -0.939. The number of carboxylic acid groups (broad SMARTS) is 1. The maximum absolute atomic E-state index is 11.1. The van der Waals surface area contributed by atoms with Crippen molar-refractivity contribution in [2.75, 3.05) is 18.2 Å². The number of carbonyl (C=O) groups is 1. The number of thioether (sulfide) groups is 1. The van der Waals surface area contributed by atoms with Gasteiger partial charge in [-0.05, 0) is 25.3 Å². The lowest BCUT2D eigenvalue weighted by atomic mass is 10.2. The molecule has 3 N–H and O–H groups in total. The third-order valence-electron chi connectivity index (χ3n) is 3.20. The van der Waals surface area contributed by atoms with E-state index in [1.54, 1.807) is 23.9 Å². The number of aromatic nitrogens is 2. The average molecular weight is 307 g/mol. The van der Waals surface area contributed by atoms with Gasteiger partial charge in [-0.3, -0.25) is 0 Å². The molecule has 0 saturated carbocycles. The van der Waals surface area contributed by atoms with Crippen molar-refractivity contribution in [3.63, 3.8) is 0 Å². The molecule has 0 aliphatic rings. The van der Waals surface area contributed by atoms with Crippen LogP contribution in [0.2, 0.25) is 0 Å². The lowest BCUT2D eigenvalue weighted by Crippen LogP contribution is -2.31. The van der Waals surface area contributed by atoms with Crippen molar-refractivity contribution in [2.45, 2.75) is 18.2 Å². The van der Waals surface area contributed by atoms with Gasteiger partial charge in [0, 0.05) is 16.7 Å². The number of hydrogen-bond donors (Lipinski definition) is 3. The molecule has 2 atom stereocenters. The minimum atomic E-state index is -1.17. The average Bonchev–Trinajstić information content (AvgIpc) is 2.48. The zero-order chi connectivity index (χ0) is 15.4. The number of aliphatic hydroxyl groups is 1. The Morgan fingerprint density at radius 3 is 2.71 bits per heavy atom. The molecular formula is C14H17N3O3S. The third kappa shape index (κ3) is 3.43. The molecule has 21 heavy (non-hydrogen) atoms. The van der Waals surface area contributed by atoms with Gasteiger partial charge in [-0.1, -0.05) is 12.1 Å². The standard InChI is InChI=1S/C14H17N3O3S/c1-8(11(7-18)21-2)15-12-9-5-3-4-6-10(9)16-13(17-12)14(19)20/h3-6,8,11,18H,7H2,1-2H3,(H,19,20)(H,15,16,17). The van der Waals surface area contributed by atoms with E-state index in [2.05, 4.69) is 15.3 Å². The van der Waals surface area contributed by atoms with Crippen LogP contribution in [-0.2, 0) is 0 Å². The van der Waals surface area contributed by atoms with Crippen molar-refractivity contribution in [3.8, 4) is 0 Å². The lowest BCUT2D eigenvalue weighted by Gasteiger charge is -2.22. The number of nitrogens with zero attached hydrogens (tertiary/aromatic N) is 2. The van der Waals surface area contributed by atoms with Crippen molar-refractivity contribution in [2.24, 2.45) is 0 Å². The first kappa shape index (κ1) is 15.5. The molecule has 1 aromatic heterocycles. The first-order valence-electron chi connectivity index (χ1n) is 6.47. The minimum absolute atomic E-state index is 0.00740. The highest BCUT2D eigenvalue weighted by atomic mass is 32.2. The number of para-hydroxylation sites is 1. The molecule has 6 nitrogen and oxygen atoms in total. The van der Waals surface area contributed by atoms with E-state index in [1.807, 2.05) is 25.3 Å². The van der Waals surface area contributed by atoms with Gasteiger partial charge >= 0.3 is 5.97 Å². The molecule has 0 aliphatic carbocycles. The van der Waals surface area contributed by atoms with Gasteiger partial charge in [0.25, 0.3) is 0 Å². The molecule has 2 unspecified atom stereocenters. The fourth-order valence-electron chi connectivity index (χ4n) is 2.03. The smallest absolute Gasteiger partial charge is 0.374 e. The van der Waals surface area contributed by atoms with E-state index >= 15 is 0 Å². The summed E-state index contributed by atoms with van der Waals surface area (Å²) in [5.41, 5.74) is 0.573. The molecule has 112 valence electrons. The van der Waals surface area contributed by atoms with Crippen molar-refractivity contribution < 1.29 is 15.0 Å². The molecule has 0 spiro atoms. The van der Waals surface area contributed by atoms with E-state index in [1.165, 1.54) is 0 Å². The van der Waals surface area contributed by atoms with Crippen LogP contribution < -0.4 is 5.32 Å². The van der Waals surface area contributed by atoms with E-state index in [4.69, 9.17) is 5.11 Å². The van der Waals surface area contributed by atoms with E-state index < -0.39 is 5.97 Å². The van der Waals surface area contributed by atoms with Gasteiger partial charge in [0.15, 0.2) is 0 Å². The highest BCUT2D eigenvalue weighted by molar-refractivity contribution is 7.99. The van der Waals surface area contributed by atoms with Gasteiger partial charge in [-0.2, -0.15) is 11.8 Å². The highest BCUT2D eigenvalue weighted by Gasteiger charge is 2.18. The first-order chi connectivity index (χ1) is 10.1. The number of anilines is 1. The first-order valence-corrected chi connectivity index (χ1v) is 7.76. The Bertz CT molecular complexity index is 646. The van der Waals surface area contributed by atoms with Crippen molar-refractivity contribution >= 4 is 34.5 Å². The van der Waals surface area contributed by atoms with Crippen molar-refractivity contribution in [1.29, 1.82) is 0 Å². The van der Waals surface area contributed by atoms with Crippen LogP contribution in [0.5, 0.6) is 0 Å². The Morgan fingerprint density at radius 2 is 2.10 bits per heavy atom. The second-order valence-corrected chi connectivity index (χ2v) is 5.68. The molecule has 0 amide bonds. The Morgan fingerprint density at radius 1 is 1.38 bits per heavy atom. The lowest BCUT2D eigenvalue weighted by molar-refractivity contribution is 0.0684. The summed E-state index contributed by atoms with van der Waals surface area (Å²) in [6.45, 7) is 1.96. The van der Waals surface area contributed by atoms with Crippen LogP contribution in [0.25, 0.3) is 10.9 Å². The predicted molar refractivity (Wildman–Crippen MR) is 84.0 cm³/mol. The monoisotopic (exact) mass is 307 g/mol. The number of aromatic carboxylic acids is 1. The number of carboxylic acids is 1. The van der Waals surface area contributed by atoms with Gasteiger partial charge in [-0.25, -0.2) is 14.8 Å². The Labute approximate surface area is 126 Å². The quantitative estimate of drug-likeness (QED) is 0.749. The van der Waals surface area contributed by atoms with Gasteiger partial charge in [0.1, 0.15) is 5.82 Å². The topological polar surface area (TPSA) is 95.3 Å². The Balaban J connectivity index is 2.44. The van der Waals surface area contributed by atoms with Crippen LogP contribution >= 0.6 is 11.8 Å². The van der Waals surface area contributed by atoms with Crippen LogP contribution in [0.15, 0.2) is 24.3 Å². The number of benzene rings is 1. The third-order valence-corrected chi connectivity index (χ3v) is 4.36. The molecule has 1 aromatic carbocycles. The van der Waals surface area contributed by atoms with Crippen LogP contribution in [0.4, 0.5) is 5.82 Å². The molecule has 0 radical (unpaired) electrons. The summed E-state index contributed by atoms with van der Waals surface area (Å²) >= 11 is 1.54. The molecule has 0 saturated heterocycles. The van der Waals surface area contributed by atoms with E-state index in [-0.39, 0.29) is 23.7 Å². The zero-order valence-electron chi connectivity index (χ0n) is 11.8. The van der Waals surface area contributed by atoms with E-state index in [0.29, 0.717) is 11.3 Å². The van der Waals surface area contributed by atoms with Crippen molar-refractivity contribution in [3.05, 3.63) is 30.1 Å². The van der Waals surface area contributed by atoms with Gasteiger partial charge in [-0.15, -0.1) is 0 Å². The molecule has 2 rings (SSSR count). The molecule has 2 aromatic rings. The minimum Gasteiger partial charge on any atom is -0.475 e. The van der Waals surface area contributed by atoms with Gasteiger partial charge < -0.3 is 15.5 Å². The number of rotatable bonds is 6. The number of fused-ring (bicyclic) bond motifs is 1. The Kier molecular flexibility index (Phi) is 4.98. The maximum Gasteiger partial charge on any atom is 0.374 e. The molecule has 0 fully saturated rings. The van der Waals surface area contributed by atoms with Gasteiger partial charge in [0.05, 0.1) is 12.1 Å². The summed E-state index contributed by atoms with van der Waals surface area (Å²) < 4.78 is 0. The molecule has 0 bridgehead atoms. The number of hydrogen-bond acceptors (Lipinski definition) is 6.